The number of aliphatic hydroxyl groups excluding tert-OH is 13. The second kappa shape index (κ2) is 34.1. The van der Waals surface area contributed by atoms with Crippen LogP contribution in [0.15, 0.2) is 54.6 Å². The molecule has 2 aromatic carbocycles. The van der Waals surface area contributed by atoms with Gasteiger partial charge in [-0.25, -0.2) is 0 Å². The Bertz CT molecular complexity index is 2860. The summed E-state index contributed by atoms with van der Waals surface area (Å²) >= 11 is 0. The minimum Gasteiger partial charge on any atom is -0.462 e. The molecule has 24 N–H and O–H groups in total. The standard InChI is InChI=1S/C58H86N11O25/c1-3-4-6-11-35(75)93-49-42(79)33(22-73)91-56(47(49)84)94-48-34(23-74)92-55(46(83)44(48)81)89-28-14-12-25(13-15-28)16-29(65-51(86)36(59)24(2)26-9-7-5-8-10-26)50(85)67-37(39(76)30-17-62-57(60)66-30)53(88)68-38(52(87)64-27(19-70)20-71)40(77)31-18-63-58(61)69(31)54-45(82)43(80)41(78)32(21-72)90-54/h5,7-10,12-15,24,27,29-34,36-49,54-56,70,72-74,76-84H,3-4,6,11,16-19,21-23,59H2,1-2H3,(H2,61,63)(H,64,87)(H,65,86)(H,67,85)(H,68,88)(H3,60,62,66)/t24?,27-,29-,30?,31?,32?,33?,34?,36-,37-,38-,39?,40?,41?,42?,43?,44?,45?,46?,47?,48?,49?,54?,55?,56?/m0/s1. The number of nitrogens with two attached hydrogens (primary N) is 1. The maximum Gasteiger partial charge on any atom is 0.306 e. The smallest absolute Gasteiger partial charge is 0.306 e. The Morgan fingerprint density at radius 2 is 1.32 bits per heavy atom. The van der Waals surface area contributed by atoms with Crippen LogP contribution in [0.4, 0.5) is 0 Å². The van der Waals surface area contributed by atoms with Crippen molar-refractivity contribution in [2.75, 3.05) is 39.5 Å². The number of benzene rings is 2. The van der Waals surface area contributed by atoms with Crippen LogP contribution in [0, 0.1) is 10.8 Å². The number of hydrogen-bond acceptors (Lipinski definition) is 28. The van der Waals surface area contributed by atoms with E-state index in [4.69, 9.17) is 45.0 Å². The Balaban J connectivity index is 1.13. The van der Waals surface area contributed by atoms with Gasteiger partial charge in [0.2, 0.25) is 36.2 Å². The van der Waals surface area contributed by atoms with Gasteiger partial charge in [-0.1, -0.05) is 69.2 Å². The van der Waals surface area contributed by atoms with Crippen molar-refractivity contribution in [1.29, 1.82) is 10.8 Å². The van der Waals surface area contributed by atoms with Gasteiger partial charge in [-0.3, -0.25) is 39.6 Å². The van der Waals surface area contributed by atoms with Gasteiger partial charge < -0.3 is 143 Å². The molecule has 5 aliphatic rings. The Hall–Kier alpha value is -6.92. The number of nitrogens with zero attached hydrogens (tertiary/aromatic N) is 1. The molecule has 5 aliphatic heterocycles. The zero-order valence-corrected chi connectivity index (χ0v) is 51.1. The van der Waals surface area contributed by atoms with Crippen LogP contribution in [0.1, 0.15) is 56.6 Å². The molecule has 0 bridgehead atoms. The van der Waals surface area contributed by atoms with E-state index in [2.05, 4.69) is 37.2 Å². The van der Waals surface area contributed by atoms with Crippen LogP contribution in [-0.4, -0.2) is 305 Å². The van der Waals surface area contributed by atoms with Crippen molar-refractivity contribution in [2.24, 2.45) is 5.73 Å². The first-order valence-electron chi connectivity index (χ1n) is 30.5. The third-order valence-electron chi connectivity index (χ3n) is 17.0. The van der Waals surface area contributed by atoms with Gasteiger partial charge in [0.1, 0.15) is 109 Å². The molecule has 36 heteroatoms. The second-order valence-electron chi connectivity index (χ2n) is 23.4. The van der Waals surface area contributed by atoms with E-state index in [1.54, 1.807) is 37.3 Å². The van der Waals surface area contributed by atoms with Gasteiger partial charge in [0.25, 0.3) is 0 Å². The summed E-state index contributed by atoms with van der Waals surface area (Å²) in [6.45, 7) is -0.800. The van der Waals surface area contributed by atoms with E-state index >= 15 is 0 Å². The average molecular weight is 1340 g/mol. The summed E-state index contributed by atoms with van der Waals surface area (Å²) in [5.74, 6) is -7.34. The van der Waals surface area contributed by atoms with Gasteiger partial charge in [-0.15, -0.1) is 0 Å². The number of rotatable bonds is 31. The molecule has 0 saturated carbocycles. The first-order valence-corrected chi connectivity index (χ1v) is 30.5. The highest BCUT2D eigenvalue weighted by molar-refractivity contribution is 5.96. The van der Waals surface area contributed by atoms with Crippen LogP contribution in [0.25, 0.3) is 0 Å². The van der Waals surface area contributed by atoms with E-state index in [9.17, 15) is 95.2 Å². The van der Waals surface area contributed by atoms with E-state index in [-0.39, 0.29) is 30.2 Å². The molecule has 0 aromatic heterocycles. The van der Waals surface area contributed by atoms with Gasteiger partial charge in [-0.2, -0.15) is 0 Å². The lowest BCUT2D eigenvalue weighted by Crippen LogP contribution is -2.69. The molecule has 1 radical (unpaired) electrons. The SMILES string of the molecule is CCCCCC(=O)OC1C(O)C(CO)OC(OC2C(CO)OC(Oc3ccc(C[C@H](NC(=O)[C@@H](N)C(C)c4ccccc4)C(=O)N[C@H](C(=O)N[C@H](C(=O)N[C@H]([C]=O)CO)C(O)C4CNC(=N)N4C4OC(CO)C(O)C(O)C4O)C(O)C4CNC(=N)N4)cc3)C(O)C2O)C1O. The fourth-order valence-corrected chi connectivity index (χ4v) is 11.4. The van der Waals surface area contributed by atoms with Gasteiger partial charge >= 0.3 is 5.97 Å². The number of hydrogen-bond donors (Lipinski definition) is 23. The predicted molar refractivity (Wildman–Crippen MR) is 318 cm³/mol. The zero-order chi connectivity index (χ0) is 68.8. The van der Waals surface area contributed by atoms with E-state index in [1.807, 2.05) is 6.92 Å². The van der Waals surface area contributed by atoms with Crippen molar-refractivity contribution in [1.82, 2.24) is 42.1 Å². The summed E-state index contributed by atoms with van der Waals surface area (Å²) in [6, 6.07) is 1.80. The maximum atomic E-state index is 14.9. The Morgan fingerprint density at radius 1 is 0.691 bits per heavy atom. The number of carbonyl (C=O) groups excluding carboxylic acids is 6. The summed E-state index contributed by atoms with van der Waals surface area (Å²) in [4.78, 5) is 83.4. The largest absolute Gasteiger partial charge is 0.462 e. The quantitative estimate of drug-likeness (QED) is 0.0246. The molecule has 20 unspecified atom stereocenters. The average Bonchev–Trinajstić information content (AvgIpc) is 1.40. The number of nitrogens with one attached hydrogen (secondary N) is 9. The van der Waals surface area contributed by atoms with E-state index in [0.717, 1.165) is 11.3 Å². The lowest BCUT2D eigenvalue weighted by atomic mass is 9.93. The third-order valence-corrected chi connectivity index (χ3v) is 17.0. The normalized spacial score (nSPS) is 31.9. The zero-order valence-electron chi connectivity index (χ0n) is 51.1. The topological polar surface area (TPSA) is 582 Å². The highest BCUT2D eigenvalue weighted by Gasteiger charge is 2.55. The highest BCUT2D eigenvalue weighted by Crippen LogP contribution is 2.33. The fraction of sp³-hybridized carbons (Fsp3) is 0.655. The molecular formula is C58H86N11O25. The molecule has 0 spiro atoms. The van der Waals surface area contributed by atoms with Crippen LogP contribution < -0.4 is 47.7 Å². The first kappa shape index (κ1) is 74.5. The van der Waals surface area contributed by atoms with Gasteiger partial charge in [0.05, 0.1) is 44.6 Å². The lowest BCUT2D eigenvalue weighted by Gasteiger charge is -2.46. The fourth-order valence-electron chi connectivity index (χ4n) is 11.4. The van der Waals surface area contributed by atoms with Crippen LogP contribution in [-0.2, 0) is 58.9 Å². The molecule has 523 valence electrons. The highest BCUT2D eigenvalue weighted by atomic mass is 16.7. The maximum absolute atomic E-state index is 14.9. The molecule has 2 aromatic rings. The van der Waals surface area contributed by atoms with Gasteiger partial charge in [0, 0.05) is 31.8 Å². The lowest BCUT2D eigenvalue weighted by molar-refractivity contribution is -0.353. The van der Waals surface area contributed by atoms with Crippen LogP contribution in [0.3, 0.4) is 0 Å². The summed E-state index contributed by atoms with van der Waals surface area (Å²) in [7, 11) is 0. The summed E-state index contributed by atoms with van der Waals surface area (Å²) in [6.07, 6.45) is -28.2. The summed E-state index contributed by atoms with van der Waals surface area (Å²) in [5, 5.41) is 175. The number of amides is 4. The number of guanidine groups is 2. The second-order valence-corrected chi connectivity index (χ2v) is 23.4. The first-order chi connectivity index (χ1) is 44.8. The summed E-state index contributed by atoms with van der Waals surface area (Å²) in [5.41, 5.74) is 7.39. The van der Waals surface area contributed by atoms with E-state index in [0.29, 0.717) is 18.4 Å². The van der Waals surface area contributed by atoms with Crippen molar-refractivity contribution in [2.45, 2.75) is 198 Å². The number of unbranched alkanes of at least 4 members (excludes halogenated alkanes) is 2. The number of carbonyl (C=O) groups is 5. The van der Waals surface area contributed by atoms with Crippen LogP contribution in [0.2, 0.25) is 0 Å². The Kier molecular flexibility index (Phi) is 27.1. The van der Waals surface area contributed by atoms with E-state index < -0.39 is 227 Å². The molecule has 25 atom stereocenters. The predicted octanol–water partition coefficient (Wildman–Crippen LogP) is -10.2. The van der Waals surface area contributed by atoms with E-state index in [1.165, 1.54) is 30.6 Å². The van der Waals surface area contributed by atoms with Gasteiger partial charge in [0.15, 0.2) is 30.5 Å². The molecule has 7 rings (SSSR count). The molecule has 5 saturated heterocycles. The van der Waals surface area contributed by atoms with Crippen molar-refractivity contribution in [3.63, 3.8) is 0 Å². The monoisotopic (exact) mass is 1340 g/mol. The molecule has 36 nitrogen and oxygen atoms in total. The van der Waals surface area contributed by atoms with Crippen LogP contribution in [0.5, 0.6) is 5.75 Å². The third kappa shape index (κ3) is 17.8. The van der Waals surface area contributed by atoms with Crippen molar-refractivity contribution in [3.8, 4) is 5.75 Å². The minimum atomic E-state index is -2.30. The van der Waals surface area contributed by atoms with Crippen LogP contribution >= 0.6 is 0 Å². The number of ether oxygens (including phenoxy) is 6. The van der Waals surface area contributed by atoms with Crippen molar-refractivity contribution < 1.29 is 124 Å². The van der Waals surface area contributed by atoms with Crippen molar-refractivity contribution in [3.05, 3.63) is 65.7 Å². The summed E-state index contributed by atoms with van der Waals surface area (Å²) < 4.78 is 34.1. The molecular weight excluding hydrogens is 1250 g/mol. The number of esters is 1. The van der Waals surface area contributed by atoms with Gasteiger partial charge in [-0.05, 0) is 29.7 Å². The Morgan fingerprint density at radius 3 is 1.94 bits per heavy atom. The Labute approximate surface area is 538 Å². The molecule has 94 heavy (non-hydrogen) atoms. The molecule has 0 aliphatic carbocycles. The molecule has 5 heterocycles. The van der Waals surface area contributed by atoms with Crippen molar-refractivity contribution >= 4 is 47.8 Å². The number of aliphatic hydroxyl groups is 13. The minimum absolute atomic E-state index is 0.0440. The molecule has 4 amide bonds. The molecule has 5 fully saturated rings.